The summed E-state index contributed by atoms with van der Waals surface area (Å²) in [6.07, 6.45) is 15.5. The van der Waals surface area contributed by atoms with Gasteiger partial charge in [0.2, 0.25) is 5.91 Å². The van der Waals surface area contributed by atoms with Gasteiger partial charge in [-0.05, 0) is 109 Å². The van der Waals surface area contributed by atoms with Gasteiger partial charge in [-0.25, -0.2) is 9.78 Å². The molecule has 0 saturated heterocycles. The second kappa shape index (κ2) is 9.92. The van der Waals surface area contributed by atoms with Gasteiger partial charge in [0.1, 0.15) is 6.04 Å². The minimum absolute atomic E-state index is 0.00587. The van der Waals surface area contributed by atoms with Crippen molar-refractivity contribution < 1.29 is 19.8 Å². The van der Waals surface area contributed by atoms with Gasteiger partial charge in [0.15, 0.2) is 0 Å². The van der Waals surface area contributed by atoms with E-state index in [4.69, 9.17) is 0 Å². The number of amides is 1. The number of aliphatic hydroxyl groups excluding tert-OH is 1. The zero-order chi connectivity index (χ0) is 31.2. The third-order valence-corrected chi connectivity index (χ3v) is 14.7. The number of hydrogen-bond donors (Lipinski definition) is 4. The highest BCUT2D eigenvalue weighted by atomic mass is 16.4. The maximum absolute atomic E-state index is 14.4. The molecule has 4 saturated carbocycles. The second-order valence-electron chi connectivity index (χ2n) is 17.4. The molecule has 43 heavy (non-hydrogen) atoms. The first-order valence-electron chi connectivity index (χ1n) is 16.9. The quantitative estimate of drug-likeness (QED) is 0.284. The molecule has 238 valence electrons. The van der Waals surface area contributed by atoms with Gasteiger partial charge in [-0.1, -0.05) is 60.1 Å². The van der Waals surface area contributed by atoms with E-state index in [0.717, 1.165) is 64.2 Å². The van der Waals surface area contributed by atoms with Gasteiger partial charge in [-0.2, -0.15) is 0 Å². The van der Waals surface area contributed by atoms with Crippen molar-refractivity contribution in [2.75, 3.05) is 0 Å². The summed E-state index contributed by atoms with van der Waals surface area (Å²) in [6.45, 7) is 16.9. The van der Waals surface area contributed by atoms with Crippen LogP contribution in [0.25, 0.3) is 0 Å². The Balaban J connectivity index is 1.36. The number of aliphatic carboxylic acids is 1. The molecule has 1 amide bonds. The average Bonchev–Trinajstić information content (AvgIpc) is 3.44. The zero-order valence-corrected chi connectivity index (χ0v) is 27.6. The highest BCUT2D eigenvalue weighted by Crippen LogP contribution is 2.75. The Morgan fingerprint density at radius 1 is 1.00 bits per heavy atom. The number of carbonyl (C=O) groups excluding carboxylic acids is 1. The highest BCUT2D eigenvalue weighted by molar-refractivity contribution is 5.88. The largest absolute Gasteiger partial charge is 0.480 e. The molecule has 7 heteroatoms. The molecule has 1 heterocycles. The van der Waals surface area contributed by atoms with E-state index in [-0.39, 0.29) is 51.4 Å². The molecule has 9 atom stereocenters. The first-order valence-corrected chi connectivity index (χ1v) is 16.9. The number of H-pyrrole nitrogens is 1. The number of hydrogen-bond acceptors (Lipinski definition) is 4. The van der Waals surface area contributed by atoms with E-state index in [1.54, 1.807) is 12.5 Å². The Labute approximate surface area is 258 Å². The monoisotopic (exact) mass is 593 g/mol. The molecule has 0 spiro atoms. The van der Waals surface area contributed by atoms with Crippen LogP contribution in [0.5, 0.6) is 0 Å². The summed E-state index contributed by atoms with van der Waals surface area (Å²) in [5.74, 6) is 0.0806. The fraction of sp³-hybridized carbons (Fsp3) is 0.806. The van der Waals surface area contributed by atoms with Gasteiger partial charge < -0.3 is 20.5 Å². The highest BCUT2D eigenvalue weighted by Gasteiger charge is 2.69. The summed E-state index contributed by atoms with van der Waals surface area (Å²) < 4.78 is 0. The second-order valence-corrected chi connectivity index (χ2v) is 17.4. The molecule has 4 fully saturated rings. The average molecular weight is 594 g/mol. The van der Waals surface area contributed by atoms with Gasteiger partial charge in [-0.3, -0.25) is 4.79 Å². The standard InChI is InChI=1S/C36H55N3O4/c1-31(2)14-16-36(30(43)39-25(29(41)42)18-22-20-37-21-38-22)17-15-34(6)23(24(36)19-31)8-9-27-33(5)12-11-28(40)32(3,4)26(33)10-13-35(27,34)7/h8,20-21,24-28,40H,9-19H2,1-7H3,(H,37,38)(H,39,43)(H,41,42)/t24-,25-,26-,27+,28-,33-,34+,35+,36-/m0/s1. The molecule has 6 rings (SSSR count). The van der Waals surface area contributed by atoms with Crippen molar-refractivity contribution in [1.82, 2.24) is 15.3 Å². The van der Waals surface area contributed by atoms with Crippen molar-refractivity contribution in [3.05, 3.63) is 29.9 Å². The number of nitrogens with one attached hydrogen (secondary N) is 2. The molecule has 0 radical (unpaired) electrons. The third-order valence-electron chi connectivity index (χ3n) is 14.7. The maximum atomic E-state index is 14.4. The van der Waals surface area contributed by atoms with E-state index in [9.17, 15) is 19.8 Å². The minimum atomic E-state index is -1.01. The van der Waals surface area contributed by atoms with Crippen LogP contribution in [0.4, 0.5) is 0 Å². The molecule has 0 bridgehead atoms. The number of aliphatic hydroxyl groups is 1. The van der Waals surface area contributed by atoms with Crippen molar-refractivity contribution in [1.29, 1.82) is 0 Å². The van der Waals surface area contributed by atoms with E-state index in [1.807, 2.05) is 0 Å². The molecule has 7 nitrogen and oxygen atoms in total. The van der Waals surface area contributed by atoms with Crippen LogP contribution < -0.4 is 5.32 Å². The number of carboxylic acid groups (broad SMARTS) is 1. The summed E-state index contributed by atoms with van der Waals surface area (Å²) in [5.41, 5.74) is 1.95. The first-order chi connectivity index (χ1) is 20.0. The molecule has 0 aliphatic heterocycles. The van der Waals surface area contributed by atoms with Crippen LogP contribution in [-0.2, 0) is 16.0 Å². The number of carbonyl (C=O) groups is 2. The van der Waals surface area contributed by atoms with E-state index in [1.165, 1.54) is 5.57 Å². The van der Waals surface area contributed by atoms with Crippen LogP contribution >= 0.6 is 0 Å². The summed E-state index contributed by atoms with van der Waals surface area (Å²) in [6, 6.07) is -0.992. The van der Waals surface area contributed by atoms with Crippen LogP contribution in [-0.4, -0.2) is 44.2 Å². The lowest BCUT2D eigenvalue weighted by Crippen LogP contribution is -2.65. The lowest BCUT2D eigenvalue weighted by atomic mass is 9.33. The molecular formula is C36H55N3O4. The van der Waals surface area contributed by atoms with Crippen molar-refractivity contribution in [3.8, 4) is 0 Å². The van der Waals surface area contributed by atoms with Crippen molar-refractivity contribution in [2.45, 2.75) is 131 Å². The van der Waals surface area contributed by atoms with E-state index >= 15 is 0 Å². The minimum Gasteiger partial charge on any atom is -0.480 e. The topological polar surface area (TPSA) is 115 Å². The predicted octanol–water partition coefficient (Wildman–Crippen LogP) is 6.68. The smallest absolute Gasteiger partial charge is 0.326 e. The molecule has 5 aliphatic rings. The molecule has 4 N–H and O–H groups in total. The van der Waals surface area contributed by atoms with E-state index in [2.05, 4.69) is 69.8 Å². The summed E-state index contributed by atoms with van der Waals surface area (Å²) in [5, 5.41) is 24.1. The lowest BCUT2D eigenvalue weighted by molar-refractivity contribution is -0.203. The summed E-state index contributed by atoms with van der Waals surface area (Å²) in [4.78, 5) is 33.8. The van der Waals surface area contributed by atoms with Crippen LogP contribution in [0.1, 0.15) is 118 Å². The SMILES string of the molecule is CC1(C)CC[C@]2(C(=O)N[C@@H](Cc3cnc[nH]3)C(=O)O)CC[C@]3(C)C(=CC[C@@H]4[C@@]5(C)CC[C@H](O)C(C)(C)[C@@H]5CC[C@]43C)[C@@H]2C1. The Morgan fingerprint density at radius 3 is 2.40 bits per heavy atom. The van der Waals surface area contributed by atoms with Gasteiger partial charge in [0, 0.05) is 18.3 Å². The third kappa shape index (κ3) is 4.40. The van der Waals surface area contributed by atoms with Gasteiger partial charge >= 0.3 is 5.97 Å². The number of carboxylic acids is 1. The van der Waals surface area contributed by atoms with Crippen LogP contribution in [0.15, 0.2) is 24.2 Å². The Kier molecular flexibility index (Phi) is 7.12. The Hall–Kier alpha value is -2.15. The fourth-order valence-electron chi connectivity index (χ4n) is 11.8. The normalized spacial score (nSPS) is 43.6. The lowest BCUT2D eigenvalue weighted by Gasteiger charge is -2.71. The molecule has 0 aromatic carbocycles. The van der Waals surface area contributed by atoms with E-state index in [0.29, 0.717) is 17.5 Å². The molecule has 1 aromatic heterocycles. The van der Waals surface area contributed by atoms with Gasteiger partial charge in [0.25, 0.3) is 0 Å². The van der Waals surface area contributed by atoms with Crippen molar-refractivity contribution >= 4 is 11.9 Å². The van der Waals surface area contributed by atoms with Gasteiger partial charge in [-0.15, -0.1) is 0 Å². The number of nitrogens with zero attached hydrogens (tertiary/aromatic N) is 1. The Morgan fingerprint density at radius 2 is 1.72 bits per heavy atom. The summed E-state index contributed by atoms with van der Waals surface area (Å²) in [7, 11) is 0. The number of fused-ring (bicyclic) bond motifs is 7. The molecule has 5 aliphatic carbocycles. The maximum Gasteiger partial charge on any atom is 0.326 e. The van der Waals surface area contributed by atoms with Gasteiger partial charge in [0.05, 0.1) is 17.8 Å². The zero-order valence-electron chi connectivity index (χ0n) is 27.6. The van der Waals surface area contributed by atoms with Crippen molar-refractivity contribution in [2.24, 2.45) is 50.2 Å². The first kappa shape index (κ1) is 30.9. The predicted molar refractivity (Wildman–Crippen MR) is 167 cm³/mol. The van der Waals surface area contributed by atoms with Crippen LogP contribution in [0, 0.1) is 50.2 Å². The van der Waals surface area contributed by atoms with Crippen molar-refractivity contribution in [3.63, 3.8) is 0 Å². The molecular weight excluding hydrogens is 538 g/mol. The number of rotatable bonds is 5. The number of aromatic nitrogens is 2. The van der Waals surface area contributed by atoms with Crippen LogP contribution in [0.2, 0.25) is 0 Å². The van der Waals surface area contributed by atoms with E-state index < -0.39 is 17.4 Å². The fourth-order valence-corrected chi connectivity index (χ4v) is 11.8. The Bertz CT molecular complexity index is 1300. The van der Waals surface area contributed by atoms with Crippen LogP contribution in [0.3, 0.4) is 0 Å². The molecule has 1 aromatic rings. The number of imidazole rings is 1. The summed E-state index contributed by atoms with van der Waals surface area (Å²) >= 11 is 0. The number of allylic oxidation sites excluding steroid dienone is 2. The molecule has 0 unspecified atom stereocenters. The number of aromatic amines is 1.